The number of carbonyl (C=O) groups is 1. The molecule has 0 spiro atoms. The Balaban J connectivity index is 2.01. The lowest BCUT2D eigenvalue weighted by Crippen LogP contribution is -2.31. The number of rotatable bonds is 5. The van der Waals surface area contributed by atoms with Crippen LogP contribution < -0.4 is 10.1 Å². The third-order valence-electron chi connectivity index (χ3n) is 3.41. The Morgan fingerprint density at radius 3 is 2.58 bits per heavy atom. The molecule has 0 aliphatic carbocycles. The first kappa shape index (κ1) is 17.7. The Hall–Kier alpha value is -2.70. The van der Waals surface area contributed by atoms with Gasteiger partial charge < -0.3 is 15.0 Å². The summed E-state index contributed by atoms with van der Waals surface area (Å²) in [6.45, 7) is -0.786. The molecule has 0 bridgehead atoms. The maximum Gasteiger partial charge on any atom is 0.387 e. The molecule has 0 aromatic heterocycles. The van der Waals surface area contributed by atoms with E-state index in [1.54, 1.807) is 7.05 Å². The molecule has 2 rings (SSSR count). The lowest BCUT2D eigenvalue weighted by Gasteiger charge is -2.19. The SMILES string of the molecule is Cc1ccccc1CN(C)C(=O)Nc1ccc(OC(F)F)c(F)c1. The first-order valence-electron chi connectivity index (χ1n) is 7.18. The molecular weight excluding hydrogens is 321 g/mol. The fourth-order valence-corrected chi connectivity index (χ4v) is 2.10. The van der Waals surface area contributed by atoms with Crippen LogP contribution in [0.25, 0.3) is 0 Å². The van der Waals surface area contributed by atoms with Gasteiger partial charge in [-0.05, 0) is 30.2 Å². The van der Waals surface area contributed by atoms with Crippen molar-refractivity contribution in [2.45, 2.75) is 20.1 Å². The predicted octanol–water partition coefficient (Wildman–Crippen LogP) is 4.40. The lowest BCUT2D eigenvalue weighted by molar-refractivity contribution is -0.0521. The molecule has 2 amide bonds. The maximum atomic E-state index is 13.6. The fourth-order valence-electron chi connectivity index (χ4n) is 2.10. The number of anilines is 1. The van der Waals surface area contributed by atoms with Crippen molar-refractivity contribution in [2.24, 2.45) is 0 Å². The van der Waals surface area contributed by atoms with E-state index in [4.69, 9.17) is 0 Å². The zero-order chi connectivity index (χ0) is 17.7. The number of alkyl halides is 2. The van der Waals surface area contributed by atoms with E-state index in [1.165, 1.54) is 11.0 Å². The Kier molecular flexibility index (Phi) is 5.68. The van der Waals surface area contributed by atoms with Crippen LogP contribution in [-0.2, 0) is 6.54 Å². The number of nitrogens with one attached hydrogen (secondary N) is 1. The van der Waals surface area contributed by atoms with Crippen molar-refractivity contribution in [3.63, 3.8) is 0 Å². The third kappa shape index (κ3) is 4.65. The normalized spacial score (nSPS) is 10.6. The zero-order valence-corrected chi connectivity index (χ0v) is 13.2. The highest BCUT2D eigenvalue weighted by atomic mass is 19.3. The average Bonchev–Trinajstić information content (AvgIpc) is 2.52. The van der Waals surface area contributed by atoms with E-state index in [0.29, 0.717) is 6.54 Å². The highest BCUT2D eigenvalue weighted by molar-refractivity contribution is 5.89. The molecule has 4 nitrogen and oxygen atoms in total. The van der Waals surface area contributed by atoms with Crippen molar-refractivity contribution in [1.29, 1.82) is 0 Å². The number of urea groups is 1. The van der Waals surface area contributed by atoms with E-state index < -0.39 is 24.2 Å². The Labute approximate surface area is 137 Å². The van der Waals surface area contributed by atoms with Crippen molar-refractivity contribution in [2.75, 3.05) is 12.4 Å². The van der Waals surface area contributed by atoms with Gasteiger partial charge in [0, 0.05) is 25.3 Å². The number of carbonyl (C=O) groups excluding carboxylic acids is 1. The van der Waals surface area contributed by atoms with Gasteiger partial charge in [-0.2, -0.15) is 8.78 Å². The summed E-state index contributed by atoms with van der Waals surface area (Å²) in [6.07, 6.45) is 0. The van der Waals surface area contributed by atoms with Crippen molar-refractivity contribution in [1.82, 2.24) is 4.90 Å². The van der Waals surface area contributed by atoms with E-state index in [0.717, 1.165) is 23.3 Å². The summed E-state index contributed by atoms with van der Waals surface area (Å²) in [5, 5.41) is 2.51. The second-order valence-corrected chi connectivity index (χ2v) is 5.24. The maximum absolute atomic E-state index is 13.6. The Morgan fingerprint density at radius 2 is 1.96 bits per heavy atom. The summed E-state index contributed by atoms with van der Waals surface area (Å²) >= 11 is 0. The molecule has 0 unspecified atom stereocenters. The van der Waals surface area contributed by atoms with Gasteiger partial charge in [0.25, 0.3) is 0 Å². The molecule has 0 heterocycles. The van der Waals surface area contributed by atoms with Gasteiger partial charge in [-0.1, -0.05) is 24.3 Å². The van der Waals surface area contributed by atoms with Gasteiger partial charge in [0.05, 0.1) is 0 Å². The smallest absolute Gasteiger partial charge is 0.387 e. The molecule has 0 radical (unpaired) electrons. The van der Waals surface area contributed by atoms with E-state index in [2.05, 4.69) is 10.1 Å². The molecule has 0 saturated heterocycles. The minimum atomic E-state index is -3.11. The number of aryl methyl sites for hydroxylation is 1. The number of hydrogen-bond acceptors (Lipinski definition) is 2. The number of amides is 2. The number of nitrogens with zero attached hydrogens (tertiary/aromatic N) is 1. The fraction of sp³-hybridized carbons (Fsp3) is 0.235. The van der Waals surface area contributed by atoms with Crippen LogP contribution in [0.5, 0.6) is 5.75 Å². The molecule has 0 aliphatic rings. The largest absolute Gasteiger partial charge is 0.432 e. The summed E-state index contributed by atoms with van der Waals surface area (Å²) in [6, 6.07) is 10.5. The second-order valence-electron chi connectivity index (χ2n) is 5.24. The molecule has 2 aromatic carbocycles. The number of hydrogen-bond donors (Lipinski definition) is 1. The third-order valence-corrected chi connectivity index (χ3v) is 3.41. The van der Waals surface area contributed by atoms with Crippen LogP contribution in [0.2, 0.25) is 0 Å². The van der Waals surface area contributed by atoms with Crippen molar-refractivity contribution in [3.8, 4) is 5.75 Å². The quantitative estimate of drug-likeness (QED) is 0.878. The van der Waals surface area contributed by atoms with Crippen LogP contribution in [0, 0.1) is 12.7 Å². The van der Waals surface area contributed by atoms with E-state index in [-0.39, 0.29) is 5.69 Å². The summed E-state index contributed by atoms with van der Waals surface area (Å²) in [5.41, 5.74) is 2.19. The highest BCUT2D eigenvalue weighted by Gasteiger charge is 2.14. The minimum Gasteiger partial charge on any atom is -0.432 e. The standard InChI is InChI=1S/C17H17F3N2O2/c1-11-5-3-4-6-12(11)10-22(2)17(23)21-13-7-8-15(14(18)9-13)24-16(19)20/h3-9,16H,10H2,1-2H3,(H,21,23). The van der Waals surface area contributed by atoms with Gasteiger partial charge in [-0.25, -0.2) is 9.18 Å². The van der Waals surface area contributed by atoms with Crippen LogP contribution in [0.1, 0.15) is 11.1 Å². The average molecular weight is 338 g/mol. The molecule has 2 aromatic rings. The Morgan fingerprint density at radius 1 is 1.25 bits per heavy atom. The molecule has 0 atom stereocenters. The minimum absolute atomic E-state index is 0.149. The van der Waals surface area contributed by atoms with Crippen LogP contribution in [0.3, 0.4) is 0 Å². The van der Waals surface area contributed by atoms with Crippen molar-refractivity contribution < 1.29 is 22.7 Å². The summed E-state index contributed by atoms with van der Waals surface area (Å²) < 4.78 is 41.8. The number of halogens is 3. The van der Waals surface area contributed by atoms with Gasteiger partial charge in [0.2, 0.25) is 0 Å². The van der Waals surface area contributed by atoms with Gasteiger partial charge in [0.1, 0.15) is 0 Å². The molecule has 1 N–H and O–H groups in total. The van der Waals surface area contributed by atoms with Crippen molar-refractivity contribution >= 4 is 11.7 Å². The monoisotopic (exact) mass is 338 g/mol. The first-order valence-corrected chi connectivity index (χ1v) is 7.18. The van der Waals surface area contributed by atoms with Gasteiger partial charge in [0.15, 0.2) is 11.6 Å². The molecule has 0 aliphatic heterocycles. The molecule has 0 saturated carbocycles. The predicted molar refractivity (Wildman–Crippen MR) is 84.7 cm³/mol. The van der Waals surface area contributed by atoms with E-state index in [1.807, 2.05) is 31.2 Å². The highest BCUT2D eigenvalue weighted by Crippen LogP contribution is 2.23. The first-order chi connectivity index (χ1) is 11.4. The zero-order valence-electron chi connectivity index (χ0n) is 13.2. The van der Waals surface area contributed by atoms with Crippen LogP contribution in [0.15, 0.2) is 42.5 Å². The lowest BCUT2D eigenvalue weighted by atomic mass is 10.1. The van der Waals surface area contributed by atoms with Crippen LogP contribution in [-0.4, -0.2) is 24.6 Å². The summed E-state index contributed by atoms with van der Waals surface area (Å²) in [7, 11) is 1.60. The van der Waals surface area contributed by atoms with Crippen LogP contribution >= 0.6 is 0 Å². The summed E-state index contributed by atoms with van der Waals surface area (Å²) in [5.74, 6) is -1.55. The molecule has 0 fully saturated rings. The summed E-state index contributed by atoms with van der Waals surface area (Å²) in [4.78, 5) is 13.6. The van der Waals surface area contributed by atoms with E-state index >= 15 is 0 Å². The second kappa shape index (κ2) is 7.72. The van der Waals surface area contributed by atoms with E-state index in [9.17, 15) is 18.0 Å². The van der Waals surface area contributed by atoms with Crippen LogP contribution in [0.4, 0.5) is 23.7 Å². The van der Waals surface area contributed by atoms with Gasteiger partial charge >= 0.3 is 12.6 Å². The molecular formula is C17H17F3N2O2. The molecule has 24 heavy (non-hydrogen) atoms. The number of ether oxygens (including phenoxy) is 1. The van der Waals surface area contributed by atoms with Crippen molar-refractivity contribution in [3.05, 3.63) is 59.4 Å². The number of benzene rings is 2. The Bertz CT molecular complexity index is 723. The van der Waals surface area contributed by atoms with Gasteiger partial charge in [-0.15, -0.1) is 0 Å². The van der Waals surface area contributed by atoms with Gasteiger partial charge in [-0.3, -0.25) is 0 Å². The molecule has 128 valence electrons. The topological polar surface area (TPSA) is 41.6 Å². The molecule has 7 heteroatoms.